The van der Waals surface area contributed by atoms with E-state index in [1.54, 1.807) is 4.88 Å². The van der Waals surface area contributed by atoms with Gasteiger partial charge in [0.15, 0.2) is 0 Å². The van der Waals surface area contributed by atoms with Crippen molar-refractivity contribution in [3.8, 4) is 0 Å². The van der Waals surface area contributed by atoms with Crippen LogP contribution in [-0.4, -0.2) is 24.3 Å². The zero-order valence-corrected chi connectivity index (χ0v) is 13.4. The van der Waals surface area contributed by atoms with Crippen LogP contribution in [0, 0.1) is 11.3 Å². The highest BCUT2D eigenvalue weighted by Crippen LogP contribution is 2.41. The fraction of sp³-hybridized carbons (Fsp3) is 0.706. The highest BCUT2D eigenvalue weighted by Gasteiger charge is 2.38. The monoisotopic (exact) mass is 291 g/mol. The Morgan fingerprint density at radius 1 is 1.50 bits per heavy atom. The van der Waals surface area contributed by atoms with E-state index in [0.29, 0.717) is 12.0 Å². The molecule has 1 aliphatic heterocycles. The molecule has 110 valence electrons. The van der Waals surface area contributed by atoms with Crippen LogP contribution in [0.1, 0.15) is 56.0 Å². The molecule has 3 atom stereocenters. The third-order valence-electron chi connectivity index (χ3n) is 5.30. The lowest BCUT2D eigenvalue weighted by Gasteiger charge is -2.43. The summed E-state index contributed by atoms with van der Waals surface area (Å²) in [5.74, 6) is 0.700. The first kappa shape index (κ1) is 14.3. The smallest absolute Gasteiger partial charge is 0.127 e. The van der Waals surface area contributed by atoms with Crippen LogP contribution in [0.3, 0.4) is 0 Å². The fourth-order valence-electron chi connectivity index (χ4n) is 4.17. The van der Waals surface area contributed by atoms with Gasteiger partial charge in [-0.1, -0.05) is 19.8 Å². The Labute approximate surface area is 126 Å². The maximum Gasteiger partial charge on any atom is 0.127 e. The number of rotatable bonds is 3. The van der Waals surface area contributed by atoms with Crippen molar-refractivity contribution in [2.24, 2.45) is 11.3 Å². The second-order valence-electron chi connectivity index (χ2n) is 6.88. The van der Waals surface area contributed by atoms with Crippen molar-refractivity contribution in [3.05, 3.63) is 21.9 Å². The van der Waals surface area contributed by atoms with E-state index < -0.39 is 0 Å². The minimum atomic E-state index is -0.0839. The molecule has 3 unspecified atom stereocenters. The van der Waals surface area contributed by atoms with Crippen LogP contribution in [0.4, 0.5) is 0 Å². The molecule has 1 fully saturated rings. The van der Waals surface area contributed by atoms with E-state index in [4.69, 9.17) is 0 Å². The lowest BCUT2D eigenvalue weighted by Crippen LogP contribution is -2.45. The van der Waals surface area contributed by atoms with Crippen LogP contribution < -0.4 is 0 Å². The van der Waals surface area contributed by atoms with Gasteiger partial charge in [0, 0.05) is 29.4 Å². The van der Waals surface area contributed by atoms with Gasteiger partial charge in [-0.15, -0.1) is 11.3 Å². The lowest BCUT2D eigenvalue weighted by molar-refractivity contribution is -0.120. The normalized spacial score (nSPS) is 34.7. The molecule has 0 bridgehead atoms. The van der Waals surface area contributed by atoms with Gasteiger partial charge in [-0.05, 0) is 49.1 Å². The average Bonchev–Trinajstić information content (AvgIpc) is 2.91. The molecular formula is C17H25NOS. The van der Waals surface area contributed by atoms with Gasteiger partial charge in [-0.2, -0.15) is 0 Å². The highest BCUT2D eigenvalue weighted by molar-refractivity contribution is 7.10. The van der Waals surface area contributed by atoms with Gasteiger partial charge in [-0.25, -0.2) is 0 Å². The van der Waals surface area contributed by atoms with Crippen LogP contribution in [0.25, 0.3) is 0 Å². The standard InChI is InChI=1S/C17H25NOS/c1-13-4-3-7-17(10-13,12-19)11-18-8-5-16-15(14(18)2)6-9-20-16/h6,9,12-14H,3-5,7-8,10-11H2,1-2H3. The van der Waals surface area contributed by atoms with Gasteiger partial charge in [0.1, 0.15) is 6.29 Å². The van der Waals surface area contributed by atoms with Crippen LogP contribution >= 0.6 is 11.3 Å². The van der Waals surface area contributed by atoms with Crippen molar-refractivity contribution in [2.45, 2.75) is 52.0 Å². The van der Waals surface area contributed by atoms with Crippen molar-refractivity contribution in [1.29, 1.82) is 0 Å². The number of hydrogen-bond donors (Lipinski definition) is 0. The molecule has 1 aliphatic carbocycles. The van der Waals surface area contributed by atoms with Crippen molar-refractivity contribution >= 4 is 17.6 Å². The van der Waals surface area contributed by atoms with E-state index in [-0.39, 0.29) is 5.41 Å². The molecule has 1 aromatic rings. The quantitative estimate of drug-likeness (QED) is 0.783. The molecule has 0 amide bonds. The second kappa shape index (κ2) is 5.61. The molecule has 1 aromatic heterocycles. The topological polar surface area (TPSA) is 20.3 Å². The summed E-state index contributed by atoms with van der Waals surface area (Å²) >= 11 is 1.89. The maximum absolute atomic E-state index is 11.8. The van der Waals surface area contributed by atoms with Crippen molar-refractivity contribution in [1.82, 2.24) is 4.90 Å². The van der Waals surface area contributed by atoms with E-state index in [1.807, 2.05) is 11.3 Å². The Morgan fingerprint density at radius 3 is 3.10 bits per heavy atom. The first-order valence-electron chi connectivity index (χ1n) is 7.90. The van der Waals surface area contributed by atoms with Crippen LogP contribution in [0.2, 0.25) is 0 Å². The number of nitrogens with zero attached hydrogens (tertiary/aromatic N) is 1. The van der Waals surface area contributed by atoms with Gasteiger partial charge in [0.25, 0.3) is 0 Å². The largest absolute Gasteiger partial charge is 0.303 e. The molecule has 1 saturated carbocycles. The summed E-state index contributed by atoms with van der Waals surface area (Å²) in [4.78, 5) is 15.9. The summed E-state index contributed by atoms with van der Waals surface area (Å²) in [5, 5.41) is 2.21. The number of hydrogen-bond acceptors (Lipinski definition) is 3. The number of carbonyl (C=O) groups is 1. The molecule has 2 heterocycles. The van der Waals surface area contributed by atoms with E-state index in [1.165, 1.54) is 24.7 Å². The van der Waals surface area contributed by atoms with Gasteiger partial charge in [-0.3, -0.25) is 4.90 Å². The van der Waals surface area contributed by atoms with Crippen LogP contribution in [0.15, 0.2) is 11.4 Å². The van der Waals surface area contributed by atoms with E-state index >= 15 is 0 Å². The first-order valence-corrected chi connectivity index (χ1v) is 8.78. The number of thiophene rings is 1. The average molecular weight is 291 g/mol. The fourth-order valence-corrected chi connectivity index (χ4v) is 5.13. The SMILES string of the molecule is CC1CCCC(C=O)(CN2CCc3sccc3C2C)C1. The molecule has 2 aliphatic rings. The molecule has 3 heteroatoms. The van der Waals surface area contributed by atoms with Gasteiger partial charge in [0.05, 0.1) is 0 Å². The molecule has 0 N–H and O–H groups in total. The Balaban J connectivity index is 1.75. The lowest BCUT2D eigenvalue weighted by atomic mass is 9.70. The van der Waals surface area contributed by atoms with E-state index in [0.717, 1.165) is 32.4 Å². The summed E-state index contributed by atoms with van der Waals surface area (Å²) in [6.45, 7) is 6.67. The predicted molar refractivity (Wildman–Crippen MR) is 84.1 cm³/mol. The van der Waals surface area contributed by atoms with Gasteiger partial charge >= 0.3 is 0 Å². The summed E-state index contributed by atoms with van der Waals surface area (Å²) < 4.78 is 0. The summed E-state index contributed by atoms with van der Waals surface area (Å²) in [5.41, 5.74) is 1.41. The molecule has 3 rings (SSSR count). The first-order chi connectivity index (χ1) is 9.63. The number of aldehydes is 1. The number of carbonyl (C=O) groups excluding carboxylic acids is 1. The zero-order chi connectivity index (χ0) is 14.2. The molecule has 2 nitrogen and oxygen atoms in total. The van der Waals surface area contributed by atoms with Crippen molar-refractivity contribution < 1.29 is 4.79 Å². The van der Waals surface area contributed by atoms with Crippen LogP contribution in [0.5, 0.6) is 0 Å². The molecule has 0 radical (unpaired) electrons. The number of fused-ring (bicyclic) bond motifs is 1. The molecule has 0 saturated heterocycles. The molecule has 20 heavy (non-hydrogen) atoms. The minimum Gasteiger partial charge on any atom is -0.303 e. The summed E-state index contributed by atoms with van der Waals surface area (Å²) in [6, 6.07) is 2.74. The summed E-state index contributed by atoms with van der Waals surface area (Å²) in [6.07, 6.45) is 7.10. The zero-order valence-electron chi connectivity index (χ0n) is 12.6. The van der Waals surface area contributed by atoms with E-state index in [2.05, 4.69) is 30.2 Å². The predicted octanol–water partition coefficient (Wildman–Crippen LogP) is 4.06. The maximum atomic E-state index is 11.8. The molecular weight excluding hydrogens is 266 g/mol. The molecule has 0 spiro atoms. The van der Waals surface area contributed by atoms with Gasteiger partial charge in [0.2, 0.25) is 0 Å². The van der Waals surface area contributed by atoms with Gasteiger partial charge < -0.3 is 4.79 Å². The third-order valence-corrected chi connectivity index (χ3v) is 6.29. The Kier molecular flexibility index (Phi) is 4.00. The Morgan fingerprint density at radius 2 is 2.35 bits per heavy atom. The third kappa shape index (κ3) is 2.58. The minimum absolute atomic E-state index is 0.0839. The van der Waals surface area contributed by atoms with Crippen molar-refractivity contribution in [2.75, 3.05) is 13.1 Å². The van der Waals surface area contributed by atoms with E-state index in [9.17, 15) is 4.79 Å². The Bertz CT molecular complexity index is 483. The highest BCUT2D eigenvalue weighted by atomic mass is 32.1. The second-order valence-corrected chi connectivity index (χ2v) is 7.88. The summed E-state index contributed by atoms with van der Waals surface area (Å²) in [7, 11) is 0. The van der Waals surface area contributed by atoms with Crippen LogP contribution in [-0.2, 0) is 11.2 Å². The molecule has 0 aromatic carbocycles. The van der Waals surface area contributed by atoms with Crippen molar-refractivity contribution in [3.63, 3.8) is 0 Å². The Hall–Kier alpha value is -0.670.